The monoisotopic (exact) mass is 209 g/mol. The van der Waals surface area contributed by atoms with Crippen LogP contribution >= 0.6 is 0 Å². The first-order valence-corrected chi connectivity index (χ1v) is 5.50. The number of aryl methyl sites for hydroxylation is 1. The predicted octanol–water partition coefficient (Wildman–Crippen LogP) is 1.08. The molecule has 0 bridgehead atoms. The van der Waals surface area contributed by atoms with Crippen LogP contribution in [-0.2, 0) is 18.4 Å². The quantitative estimate of drug-likeness (QED) is 0.809. The van der Waals surface area contributed by atoms with Crippen LogP contribution in [-0.4, -0.2) is 28.2 Å². The third-order valence-corrected chi connectivity index (χ3v) is 3.03. The van der Waals surface area contributed by atoms with E-state index in [0.29, 0.717) is 6.61 Å². The van der Waals surface area contributed by atoms with Crippen LogP contribution in [0.1, 0.15) is 25.6 Å². The molecule has 84 valence electrons. The standard InChI is InChI=1S/C11H19N3O/c1-11(4-3-5-12-9-11)15-8-10-13-6-7-14(10)2/h6-7,12H,3-5,8-9H2,1-2H3. The largest absolute Gasteiger partial charge is 0.366 e. The third kappa shape index (κ3) is 2.58. The summed E-state index contributed by atoms with van der Waals surface area (Å²) < 4.78 is 7.95. The maximum Gasteiger partial charge on any atom is 0.134 e. The molecule has 2 rings (SSSR count). The number of hydrogen-bond donors (Lipinski definition) is 1. The molecule has 0 radical (unpaired) electrons. The first kappa shape index (κ1) is 10.6. The van der Waals surface area contributed by atoms with Crippen molar-refractivity contribution in [3.63, 3.8) is 0 Å². The van der Waals surface area contributed by atoms with Gasteiger partial charge >= 0.3 is 0 Å². The molecule has 4 nitrogen and oxygen atoms in total. The molecule has 1 aromatic rings. The van der Waals surface area contributed by atoms with Gasteiger partial charge in [-0.05, 0) is 26.3 Å². The number of nitrogens with zero attached hydrogens (tertiary/aromatic N) is 2. The second kappa shape index (κ2) is 4.33. The lowest BCUT2D eigenvalue weighted by Gasteiger charge is -2.34. The van der Waals surface area contributed by atoms with Crippen molar-refractivity contribution >= 4 is 0 Å². The van der Waals surface area contributed by atoms with E-state index < -0.39 is 0 Å². The van der Waals surface area contributed by atoms with E-state index in [9.17, 15) is 0 Å². The number of piperidine rings is 1. The molecule has 1 fully saturated rings. The Morgan fingerprint density at radius 2 is 2.53 bits per heavy atom. The highest BCUT2D eigenvalue weighted by Gasteiger charge is 2.27. The average molecular weight is 209 g/mol. The van der Waals surface area contributed by atoms with Crippen molar-refractivity contribution in [1.82, 2.24) is 14.9 Å². The van der Waals surface area contributed by atoms with Crippen LogP contribution in [0.4, 0.5) is 0 Å². The molecule has 0 amide bonds. The molecule has 1 saturated heterocycles. The van der Waals surface area contributed by atoms with Gasteiger partial charge in [0.1, 0.15) is 12.4 Å². The van der Waals surface area contributed by atoms with E-state index in [-0.39, 0.29) is 5.60 Å². The molecule has 1 aromatic heterocycles. The minimum Gasteiger partial charge on any atom is -0.366 e. The van der Waals surface area contributed by atoms with E-state index in [1.807, 2.05) is 17.8 Å². The highest BCUT2D eigenvalue weighted by Crippen LogP contribution is 2.21. The molecule has 1 unspecified atom stereocenters. The lowest BCUT2D eigenvalue weighted by atomic mass is 9.96. The number of ether oxygens (including phenoxy) is 1. The summed E-state index contributed by atoms with van der Waals surface area (Å²) in [5.74, 6) is 0.988. The van der Waals surface area contributed by atoms with E-state index in [1.54, 1.807) is 6.20 Å². The molecular formula is C11H19N3O. The Morgan fingerprint density at radius 1 is 1.67 bits per heavy atom. The number of nitrogens with one attached hydrogen (secondary N) is 1. The van der Waals surface area contributed by atoms with Crippen molar-refractivity contribution in [2.45, 2.75) is 32.0 Å². The molecule has 0 spiro atoms. The summed E-state index contributed by atoms with van der Waals surface area (Å²) in [5.41, 5.74) is -0.0236. The Bertz CT molecular complexity index is 315. The van der Waals surface area contributed by atoms with Crippen molar-refractivity contribution in [2.75, 3.05) is 13.1 Å². The molecule has 1 aliphatic heterocycles. The van der Waals surface area contributed by atoms with Gasteiger partial charge in [0.15, 0.2) is 0 Å². The molecular weight excluding hydrogens is 190 g/mol. The van der Waals surface area contributed by atoms with E-state index in [2.05, 4.69) is 17.2 Å². The van der Waals surface area contributed by atoms with Crippen molar-refractivity contribution in [1.29, 1.82) is 0 Å². The topological polar surface area (TPSA) is 39.1 Å². The summed E-state index contributed by atoms with van der Waals surface area (Å²) in [6.45, 7) is 4.82. The molecule has 4 heteroatoms. The molecule has 15 heavy (non-hydrogen) atoms. The number of imidazole rings is 1. The molecule has 0 saturated carbocycles. The van der Waals surface area contributed by atoms with Crippen LogP contribution in [0.5, 0.6) is 0 Å². The van der Waals surface area contributed by atoms with Crippen LogP contribution in [0.15, 0.2) is 12.4 Å². The fraction of sp³-hybridized carbons (Fsp3) is 0.727. The van der Waals surface area contributed by atoms with Crippen molar-refractivity contribution < 1.29 is 4.74 Å². The van der Waals surface area contributed by atoms with Gasteiger partial charge in [-0.15, -0.1) is 0 Å². The van der Waals surface area contributed by atoms with E-state index in [1.165, 1.54) is 6.42 Å². The molecule has 1 N–H and O–H groups in total. The molecule has 1 aliphatic rings. The fourth-order valence-corrected chi connectivity index (χ4v) is 1.93. The zero-order valence-corrected chi connectivity index (χ0v) is 9.49. The highest BCUT2D eigenvalue weighted by molar-refractivity contribution is 4.90. The van der Waals surface area contributed by atoms with Crippen LogP contribution in [0.25, 0.3) is 0 Å². The zero-order chi connectivity index (χ0) is 10.7. The van der Waals surface area contributed by atoms with Crippen LogP contribution in [0.3, 0.4) is 0 Å². The molecule has 1 atom stereocenters. The fourth-order valence-electron chi connectivity index (χ4n) is 1.93. The second-order valence-electron chi connectivity index (χ2n) is 4.47. The maximum absolute atomic E-state index is 5.95. The summed E-state index contributed by atoms with van der Waals surface area (Å²) in [6.07, 6.45) is 6.07. The number of hydrogen-bond acceptors (Lipinski definition) is 3. The Hall–Kier alpha value is -0.870. The summed E-state index contributed by atoms with van der Waals surface area (Å²) in [5, 5.41) is 3.37. The van der Waals surface area contributed by atoms with Gasteiger partial charge < -0.3 is 14.6 Å². The third-order valence-electron chi connectivity index (χ3n) is 3.03. The first-order chi connectivity index (χ1) is 7.20. The number of aromatic nitrogens is 2. The Balaban J connectivity index is 1.89. The lowest BCUT2D eigenvalue weighted by molar-refractivity contribution is -0.0602. The SMILES string of the molecule is Cn1ccnc1COC1(C)CCCNC1. The van der Waals surface area contributed by atoms with Crippen LogP contribution in [0, 0.1) is 0 Å². The molecule has 2 heterocycles. The van der Waals surface area contributed by atoms with Crippen LogP contribution < -0.4 is 5.32 Å². The van der Waals surface area contributed by atoms with Gasteiger partial charge in [0.25, 0.3) is 0 Å². The lowest BCUT2D eigenvalue weighted by Crippen LogP contribution is -2.45. The van der Waals surface area contributed by atoms with E-state index in [0.717, 1.165) is 25.3 Å². The van der Waals surface area contributed by atoms with Gasteiger partial charge in [0.05, 0.1) is 5.60 Å². The van der Waals surface area contributed by atoms with Gasteiger partial charge in [-0.1, -0.05) is 0 Å². The van der Waals surface area contributed by atoms with Gasteiger partial charge in [-0.2, -0.15) is 0 Å². The Labute approximate surface area is 90.6 Å². The van der Waals surface area contributed by atoms with Gasteiger partial charge in [0, 0.05) is 26.0 Å². The zero-order valence-electron chi connectivity index (χ0n) is 9.49. The van der Waals surface area contributed by atoms with Crippen molar-refractivity contribution in [3.8, 4) is 0 Å². The normalized spacial score (nSPS) is 26.8. The minimum absolute atomic E-state index is 0.0236. The van der Waals surface area contributed by atoms with Crippen LogP contribution in [0.2, 0.25) is 0 Å². The molecule has 0 aliphatic carbocycles. The molecule has 0 aromatic carbocycles. The Kier molecular flexibility index (Phi) is 3.07. The second-order valence-corrected chi connectivity index (χ2v) is 4.47. The smallest absolute Gasteiger partial charge is 0.134 e. The predicted molar refractivity (Wildman–Crippen MR) is 58.5 cm³/mol. The van der Waals surface area contributed by atoms with Crippen molar-refractivity contribution in [3.05, 3.63) is 18.2 Å². The van der Waals surface area contributed by atoms with Crippen molar-refractivity contribution in [2.24, 2.45) is 7.05 Å². The Morgan fingerprint density at radius 3 is 3.13 bits per heavy atom. The number of rotatable bonds is 3. The summed E-state index contributed by atoms with van der Waals surface area (Å²) >= 11 is 0. The summed E-state index contributed by atoms with van der Waals surface area (Å²) in [4.78, 5) is 4.25. The van der Waals surface area contributed by atoms with E-state index in [4.69, 9.17) is 4.74 Å². The summed E-state index contributed by atoms with van der Waals surface area (Å²) in [7, 11) is 1.99. The maximum atomic E-state index is 5.95. The minimum atomic E-state index is -0.0236. The van der Waals surface area contributed by atoms with Gasteiger partial charge in [0.2, 0.25) is 0 Å². The van der Waals surface area contributed by atoms with E-state index >= 15 is 0 Å². The van der Waals surface area contributed by atoms with Gasteiger partial charge in [-0.3, -0.25) is 0 Å². The average Bonchev–Trinajstić information content (AvgIpc) is 2.62. The summed E-state index contributed by atoms with van der Waals surface area (Å²) in [6, 6.07) is 0. The highest BCUT2D eigenvalue weighted by atomic mass is 16.5. The first-order valence-electron chi connectivity index (χ1n) is 5.50. The van der Waals surface area contributed by atoms with Gasteiger partial charge in [-0.25, -0.2) is 4.98 Å².